The lowest BCUT2D eigenvalue weighted by Crippen LogP contribution is -2.76. The quantitative estimate of drug-likeness (QED) is 0.291. The number of hydrogen-bond acceptors (Lipinski definition) is 10. The molecule has 2 atom stereocenters. The molecule has 1 rings (SSSR count). The lowest BCUT2D eigenvalue weighted by Gasteiger charge is -2.49. The van der Waals surface area contributed by atoms with Crippen LogP contribution in [0.1, 0.15) is 0 Å². The van der Waals surface area contributed by atoms with E-state index in [1.165, 1.54) is 0 Å². The Balaban J connectivity index is 3.79. The van der Waals surface area contributed by atoms with Crippen LogP contribution in [-0.4, -0.2) is 89.9 Å². The van der Waals surface area contributed by atoms with E-state index in [2.05, 4.69) is 78.6 Å². The van der Waals surface area contributed by atoms with Crippen molar-refractivity contribution in [2.45, 2.75) is 91.7 Å². The Morgan fingerprint density at radius 2 is 0.588 bits per heavy atom. The van der Waals surface area contributed by atoms with Gasteiger partial charge in [0.1, 0.15) is 0 Å². The molecule has 1 fully saturated rings. The fourth-order valence-electron chi connectivity index (χ4n) is 3.38. The molecule has 0 aromatic carbocycles. The summed E-state index contributed by atoms with van der Waals surface area (Å²) in [6, 6.07) is 0. The van der Waals surface area contributed by atoms with Crippen molar-refractivity contribution in [1.29, 1.82) is 0 Å². The zero-order valence-electron chi connectivity index (χ0n) is 23.5. The topological polar surface area (TPSA) is 92.3 Å². The first kappa shape index (κ1) is 33.8. The minimum atomic E-state index is -3.80. The second-order valence-electron chi connectivity index (χ2n) is 10.1. The molecule has 0 spiro atoms. The van der Waals surface area contributed by atoms with Crippen LogP contribution in [0.5, 0.6) is 0 Å². The van der Waals surface area contributed by atoms with E-state index in [9.17, 15) is 0 Å². The summed E-state index contributed by atoms with van der Waals surface area (Å²) in [6.07, 6.45) is 0. The summed E-state index contributed by atoms with van der Waals surface area (Å²) in [5.41, 5.74) is 0. The van der Waals surface area contributed by atoms with E-state index >= 15 is 0 Å². The molecule has 34 heavy (non-hydrogen) atoms. The molecule has 2 unspecified atom stereocenters. The Hall–Kier alpha value is 1.77. The van der Waals surface area contributed by atoms with Crippen molar-refractivity contribution in [3.8, 4) is 0 Å². The molecule has 20 heteroatoms. The van der Waals surface area contributed by atoms with Crippen molar-refractivity contribution >= 4 is 89.9 Å². The van der Waals surface area contributed by atoms with Crippen LogP contribution in [0.15, 0.2) is 0 Å². The van der Waals surface area contributed by atoms with Crippen molar-refractivity contribution in [2.24, 2.45) is 0 Å². The van der Waals surface area contributed by atoms with E-state index in [4.69, 9.17) is 41.2 Å². The fourth-order valence-corrected chi connectivity index (χ4v) is 38.1. The van der Waals surface area contributed by atoms with Crippen LogP contribution >= 0.6 is 0 Å². The molecule has 0 aromatic heterocycles. The molecule has 0 saturated carbocycles. The first-order chi connectivity index (χ1) is 15.3. The van der Waals surface area contributed by atoms with Gasteiger partial charge in [-0.1, -0.05) is 0 Å². The summed E-state index contributed by atoms with van der Waals surface area (Å²) in [6.45, 7) is 28.6. The van der Waals surface area contributed by atoms with Crippen LogP contribution in [0, 0.1) is 0 Å². The van der Waals surface area contributed by atoms with E-state index in [1.54, 1.807) is 0 Å². The summed E-state index contributed by atoms with van der Waals surface area (Å²) >= 11 is 0. The molecule has 1 heterocycles. The van der Waals surface area contributed by atoms with Gasteiger partial charge in [-0.05, 0) is 78.6 Å². The van der Waals surface area contributed by atoms with Crippen molar-refractivity contribution in [3.05, 3.63) is 0 Å². The lowest BCUT2D eigenvalue weighted by atomic mass is 11.9. The highest BCUT2D eigenvalue weighted by Crippen LogP contribution is 2.36. The maximum atomic E-state index is 6.81. The van der Waals surface area contributed by atoms with Crippen molar-refractivity contribution < 1.29 is 41.2 Å². The van der Waals surface area contributed by atoms with Gasteiger partial charge in [0.05, 0.1) is 0 Å². The zero-order chi connectivity index (χ0) is 26.5. The van der Waals surface area contributed by atoms with Crippen LogP contribution < -0.4 is 0 Å². The third-order valence-corrected chi connectivity index (χ3v) is 33.0. The summed E-state index contributed by atoms with van der Waals surface area (Å²) in [5, 5.41) is 0. The second-order valence-corrected chi connectivity index (χ2v) is 37.1. The maximum absolute atomic E-state index is 6.81. The largest absolute Gasteiger partial charge is 0.644 e. The molecule has 0 aliphatic carbocycles. The van der Waals surface area contributed by atoms with Crippen LogP contribution in [0.3, 0.4) is 0 Å². The Morgan fingerprint density at radius 1 is 0.353 bits per heavy atom. The fraction of sp³-hybridized carbons (Fsp3) is 1.00. The average Bonchev–Trinajstić information content (AvgIpc) is 2.46. The van der Waals surface area contributed by atoms with Gasteiger partial charge in [-0.2, -0.15) is 0 Å². The maximum Gasteiger partial charge on any atom is 0.644 e. The van der Waals surface area contributed by atoms with Gasteiger partial charge in [0.25, 0.3) is 0 Å². The first-order valence-corrected chi connectivity index (χ1v) is 36.6. The normalized spacial score (nSPS) is 27.9. The molecule has 1 saturated heterocycles. The molecule has 1 aliphatic rings. The number of rotatable bonds is 12. The minimum Gasteiger partial charge on any atom is -0.420 e. The Bertz CT molecular complexity index is 560. The standard InChI is InChI=1S/C14H48O10Si10/c1-25(2)15-31(13)21-32(14,16-26(3)4)23-34(19-29(9)10,20-30(11)12)24-33(22-31,17-27(5)6)18-28(7)8/h25-30H,1-14H3. The molecule has 0 amide bonds. The van der Waals surface area contributed by atoms with E-state index < -0.39 is 89.9 Å². The van der Waals surface area contributed by atoms with Crippen LogP contribution in [0.4, 0.5) is 0 Å². The van der Waals surface area contributed by atoms with E-state index in [1.807, 2.05) is 13.1 Å². The van der Waals surface area contributed by atoms with Crippen molar-refractivity contribution in [2.75, 3.05) is 0 Å². The highest BCUT2D eigenvalue weighted by Gasteiger charge is 2.69. The van der Waals surface area contributed by atoms with Crippen LogP contribution in [0.25, 0.3) is 0 Å². The Morgan fingerprint density at radius 3 is 0.794 bits per heavy atom. The molecular weight excluding hydrogens is 609 g/mol. The predicted molar refractivity (Wildman–Crippen MR) is 159 cm³/mol. The molecule has 0 radical (unpaired) electrons. The highest BCUT2D eigenvalue weighted by atomic mass is 28.6. The number of hydrogen-bond donors (Lipinski definition) is 0. The zero-order valence-corrected chi connectivity index (χ0v) is 34.5. The second kappa shape index (κ2) is 13.7. The highest BCUT2D eigenvalue weighted by molar-refractivity contribution is 6.92. The molecule has 0 aromatic rings. The van der Waals surface area contributed by atoms with Gasteiger partial charge in [-0.15, -0.1) is 0 Å². The average molecular weight is 657 g/mol. The smallest absolute Gasteiger partial charge is 0.420 e. The molecule has 204 valence electrons. The van der Waals surface area contributed by atoms with E-state index in [0.29, 0.717) is 0 Å². The Kier molecular flexibility index (Phi) is 13.6. The van der Waals surface area contributed by atoms with Gasteiger partial charge >= 0.3 is 35.7 Å². The van der Waals surface area contributed by atoms with Crippen LogP contribution in [0.2, 0.25) is 91.7 Å². The van der Waals surface area contributed by atoms with Crippen LogP contribution in [-0.2, 0) is 41.2 Å². The lowest BCUT2D eigenvalue weighted by molar-refractivity contribution is 0.0218. The van der Waals surface area contributed by atoms with Gasteiger partial charge in [-0.3, -0.25) is 0 Å². The molecule has 0 N–H and O–H groups in total. The third-order valence-electron chi connectivity index (χ3n) is 3.66. The molecule has 1 aliphatic heterocycles. The molecule has 10 nitrogen and oxygen atoms in total. The van der Waals surface area contributed by atoms with Gasteiger partial charge < -0.3 is 41.2 Å². The SMILES string of the molecule is C[SiH](C)O[Si]1(C)O[Si](C)(O[SiH](C)C)O[Si](O[SiH](C)C)(O[SiH](C)C)O[Si](O[SiH](C)C)(O[SiH](C)C)O1. The van der Waals surface area contributed by atoms with Gasteiger partial charge in [0, 0.05) is 13.1 Å². The van der Waals surface area contributed by atoms with Crippen molar-refractivity contribution in [3.63, 3.8) is 0 Å². The van der Waals surface area contributed by atoms with Gasteiger partial charge in [0.2, 0.25) is 0 Å². The summed E-state index contributed by atoms with van der Waals surface area (Å²) in [5.74, 6) is 0. The molecule has 0 bridgehead atoms. The Labute approximate surface area is 221 Å². The minimum absolute atomic E-state index is 1.57. The van der Waals surface area contributed by atoms with E-state index in [0.717, 1.165) is 0 Å². The van der Waals surface area contributed by atoms with Gasteiger partial charge in [0.15, 0.2) is 54.2 Å². The summed E-state index contributed by atoms with van der Waals surface area (Å²) in [4.78, 5) is 0. The molecular formula is C14H48O10Si10. The first-order valence-electron chi connectivity index (χ1n) is 12.2. The summed E-state index contributed by atoms with van der Waals surface area (Å²) < 4.78 is 66.0. The monoisotopic (exact) mass is 656 g/mol. The summed E-state index contributed by atoms with van der Waals surface area (Å²) in [7, 11) is -24.2. The van der Waals surface area contributed by atoms with Crippen molar-refractivity contribution in [1.82, 2.24) is 0 Å². The predicted octanol–water partition coefficient (Wildman–Crippen LogP) is 2.07. The third kappa shape index (κ3) is 11.7. The van der Waals surface area contributed by atoms with Gasteiger partial charge in [-0.25, -0.2) is 0 Å². The van der Waals surface area contributed by atoms with E-state index in [-0.39, 0.29) is 0 Å².